The Bertz CT molecular complexity index is 771. The van der Waals surface area contributed by atoms with E-state index in [0.717, 1.165) is 0 Å². The van der Waals surface area contributed by atoms with Crippen LogP contribution in [0.15, 0.2) is 28.8 Å². The van der Waals surface area contributed by atoms with Gasteiger partial charge >= 0.3 is 5.97 Å². The molecule has 2 aromatic rings. The van der Waals surface area contributed by atoms with Gasteiger partial charge in [-0.1, -0.05) is 10.7 Å². The van der Waals surface area contributed by atoms with Gasteiger partial charge in [-0.2, -0.15) is 0 Å². The van der Waals surface area contributed by atoms with Crippen LogP contribution in [-0.2, 0) is 23.2 Å². The van der Waals surface area contributed by atoms with Crippen molar-refractivity contribution < 1.29 is 33.7 Å². The standard InChI is InChI=1S/C16H20N4O6/c1-18(8-13-16(24)26-17-19(13)2)14(21)9-20(10-15(22)23)11-5-4-6-12(7-11)25-3/h4-7H,8-10H2,1-3H3,(H-,17,22,23,24). The number of aryl methyl sites for hydroxylation is 1. The van der Waals surface area contributed by atoms with Crippen LogP contribution in [-0.4, -0.2) is 54.4 Å². The largest absolute Gasteiger partial charge is 0.539 e. The van der Waals surface area contributed by atoms with E-state index in [1.165, 1.54) is 35.7 Å². The first-order valence-corrected chi connectivity index (χ1v) is 7.68. The summed E-state index contributed by atoms with van der Waals surface area (Å²) >= 11 is 0. The summed E-state index contributed by atoms with van der Waals surface area (Å²) in [6.45, 7) is -0.545. The molecule has 0 saturated carbocycles. The van der Waals surface area contributed by atoms with Crippen molar-refractivity contribution in [2.24, 2.45) is 7.05 Å². The number of anilines is 1. The molecule has 0 atom stereocenters. The number of benzene rings is 1. The summed E-state index contributed by atoms with van der Waals surface area (Å²) in [7, 11) is 4.55. The molecule has 10 nitrogen and oxygen atoms in total. The van der Waals surface area contributed by atoms with E-state index in [1.54, 1.807) is 24.3 Å². The maximum atomic E-state index is 12.5. The first-order chi connectivity index (χ1) is 12.3. The van der Waals surface area contributed by atoms with E-state index in [2.05, 4.69) is 9.79 Å². The van der Waals surface area contributed by atoms with Gasteiger partial charge in [0.05, 0.1) is 18.9 Å². The number of hydrogen-bond donors (Lipinski definition) is 1. The predicted molar refractivity (Wildman–Crippen MR) is 86.4 cm³/mol. The van der Waals surface area contributed by atoms with Gasteiger partial charge in [0.2, 0.25) is 5.91 Å². The number of aromatic nitrogens is 2. The van der Waals surface area contributed by atoms with Gasteiger partial charge in [-0.05, 0) is 12.1 Å². The second-order valence-electron chi connectivity index (χ2n) is 5.63. The molecule has 0 radical (unpaired) electrons. The monoisotopic (exact) mass is 364 g/mol. The molecule has 0 bridgehead atoms. The highest BCUT2D eigenvalue weighted by molar-refractivity contribution is 5.84. The summed E-state index contributed by atoms with van der Waals surface area (Å²) in [6.07, 6.45) is 0. The summed E-state index contributed by atoms with van der Waals surface area (Å²) in [6, 6.07) is 6.76. The Labute approximate surface area is 149 Å². The Morgan fingerprint density at radius 1 is 1.38 bits per heavy atom. The number of methoxy groups -OCH3 is 1. The van der Waals surface area contributed by atoms with Crippen molar-refractivity contribution in [1.29, 1.82) is 0 Å². The fraction of sp³-hybridized carbons (Fsp3) is 0.375. The zero-order chi connectivity index (χ0) is 19.3. The minimum atomic E-state index is -1.07. The molecule has 1 aromatic carbocycles. The van der Waals surface area contributed by atoms with Crippen molar-refractivity contribution in [3.63, 3.8) is 0 Å². The van der Waals surface area contributed by atoms with Gasteiger partial charge in [0.1, 0.15) is 18.8 Å². The number of carbonyl (C=O) groups excluding carboxylic acids is 1. The van der Waals surface area contributed by atoms with E-state index in [1.807, 2.05) is 0 Å². The molecule has 26 heavy (non-hydrogen) atoms. The van der Waals surface area contributed by atoms with Gasteiger partial charge in [-0.3, -0.25) is 9.59 Å². The lowest BCUT2D eigenvalue weighted by atomic mass is 10.2. The van der Waals surface area contributed by atoms with Gasteiger partial charge in [-0.15, -0.1) is 0 Å². The van der Waals surface area contributed by atoms with E-state index in [9.17, 15) is 14.7 Å². The third kappa shape index (κ3) is 4.62. The Morgan fingerprint density at radius 2 is 2.12 bits per heavy atom. The molecule has 0 saturated heterocycles. The average molecular weight is 364 g/mol. The maximum Gasteiger partial charge on any atom is 0.323 e. The fourth-order valence-electron chi connectivity index (χ4n) is 2.31. The van der Waals surface area contributed by atoms with E-state index < -0.39 is 11.9 Å². The molecule has 0 unspecified atom stereocenters. The van der Waals surface area contributed by atoms with Crippen LogP contribution in [0, 0.1) is 0 Å². The molecule has 0 aliphatic rings. The molecule has 1 amide bonds. The molecule has 1 N–H and O–H groups in total. The van der Waals surface area contributed by atoms with Crippen molar-refractivity contribution >= 4 is 17.6 Å². The van der Waals surface area contributed by atoms with Crippen LogP contribution in [0.3, 0.4) is 0 Å². The minimum absolute atomic E-state index is 0.00328. The molecular weight excluding hydrogens is 344 g/mol. The molecule has 2 rings (SSSR count). The lowest BCUT2D eigenvalue weighted by Crippen LogP contribution is -2.43. The Balaban J connectivity index is 2.13. The van der Waals surface area contributed by atoms with Gasteiger partial charge in [0.25, 0.3) is 5.69 Å². The lowest BCUT2D eigenvalue weighted by molar-refractivity contribution is -0.746. The van der Waals surface area contributed by atoms with Crippen molar-refractivity contribution in [3.8, 4) is 11.7 Å². The van der Waals surface area contributed by atoms with Crippen LogP contribution in [0.25, 0.3) is 0 Å². The third-order valence-electron chi connectivity index (χ3n) is 3.76. The summed E-state index contributed by atoms with van der Waals surface area (Å²) < 4.78 is 10.9. The van der Waals surface area contributed by atoms with E-state index >= 15 is 0 Å². The highest BCUT2D eigenvalue weighted by atomic mass is 16.6. The van der Waals surface area contributed by atoms with Crippen LogP contribution in [0.4, 0.5) is 5.69 Å². The van der Waals surface area contributed by atoms with E-state index in [0.29, 0.717) is 11.4 Å². The lowest BCUT2D eigenvalue weighted by Gasteiger charge is -2.25. The summed E-state index contributed by atoms with van der Waals surface area (Å²) in [5.74, 6) is -1.52. The maximum absolute atomic E-state index is 12.5. The number of nitrogens with zero attached hydrogens (tertiary/aromatic N) is 4. The molecule has 0 aliphatic heterocycles. The molecule has 0 aliphatic carbocycles. The number of carboxylic acid groups (broad SMARTS) is 1. The van der Waals surface area contributed by atoms with Crippen molar-refractivity contribution in [2.45, 2.75) is 6.54 Å². The summed E-state index contributed by atoms with van der Waals surface area (Å²) in [4.78, 5) is 26.4. The minimum Gasteiger partial charge on any atom is -0.539 e. The second-order valence-corrected chi connectivity index (χ2v) is 5.63. The van der Waals surface area contributed by atoms with Gasteiger partial charge in [-0.25, -0.2) is 0 Å². The molecule has 1 heterocycles. The van der Waals surface area contributed by atoms with Crippen molar-refractivity contribution in [2.75, 3.05) is 32.1 Å². The normalized spacial score (nSPS) is 10.4. The number of carboxylic acids is 1. The SMILES string of the molecule is COc1cccc(N(CC(=O)O)CC(=O)N(C)Cc2c([O-])on[n+]2C)c1. The molecule has 140 valence electrons. The smallest absolute Gasteiger partial charge is 0.323 e. The number of ether oxygens (including phenoxy) is 1. The third-order valence-corrected chi connectivity index (χ3v) is 3.76. The average Bonchev–Trinajstić information content (AvgIpc) is 2.92. The van der Waals surface area contributed by atoms with Gasteiger partial charge < -0.3 is 29.3 Å². The molecule has 1 aromatic heterocycles. The molecule has 0 spiro atoms. The van der Waals surface area contributed by atoms with Crippen LogP contribution < -0.4 is 19.4 Å². The summed E-state index contributed by atoms with van der Waals surface area (Å²) in [5.41, 5.74) is 0.751. The zero-order valence-corrected chi connectivity index (χ0v) is 14.7. The fourth-order valence-corrected chi connectivity index (χ4v) is 2.31. The van der Waals surface area contributed by atoms with Gasteiger partial charge in [0, 0.05) is 18.8 Å². The highest BCUT2D eigenvalue weighted by Crippen LogP contribution is 2.21. The Morgan fingerprint density at radius 3 is 2.69 bits per heavy atom. The van der Waals surface area contributed by atoms with E-state index in [4.69, 9.17) is 9.84 Å². The van der Waals surface area contributed by atoms with Gasteiger partial charge in [0.15, 0.2) is 13.0 Å². The zero-order valence-electron chi connectivity index (χ0n) is 14.7. The number of aliphatic carboxylic acids is 1. The first kappa shape index (κ1) is 19.0. The quantitative estimate of drug-likeness (QED) is 0.600. The first-order valence-electron chi connectivity index (χ1n) is 7.68. The van der Waals surface area contributed by atoms with Crippen molar-refractivity contribution in [3.05, 3.63) is 30.0 Å². The number of rotatable bonds is 8. The number of hydrogen-bond acceptors (Lipinski definition) is 7. The van der Waals surface area contributed by atoms with Crippen LogP contribution in [0.2, 0.25) is 0 Å². The molecule has 0 fully saturated rings. The Hall–Kier alpha value is -3.30. The highest BCUT2D eigenvalue weighted by Gasteiger charge is 2.22. The molecular formula is C16H20N4O6. The van der Waals surface area contributed by atoms with Crippen LogP contribution >= 0.6 is 0 Å². The summed E-state index contributed by atoms with van der Waals surface area (Å²) in [5, 5.41) is 24.2. The second kappa shape index (κ2) is 8.19. The Kier molecular flexibility index (Phi) is 5.99. The van der Waals surface area contributed by atoms with E-state index in [-0.39, 0.29) is 31.2 Å². The molecule has 10 heteroatoms. The predicted octanol–water partition coefficient (Wildman–Crippen LogP) is -0.869. The number of likely N-dealkylation sites (N-methyl/N-ethyl adjacent to an activating group) is 1. The van der Waals surface area contributed by atoms with Crippen LogP contribution in [0.5, 0.6) is 11.7 Å². The van der Waals surface area contributed by atoms with Crippen molar-refractivity contribution in [1.82, 2.24) is 10.2 Å². The number of amides is 1. The topological polar surface area (TPSA) is 123 Å². The van der Waals surface area contributed by atoms with Crippen LogP contribution in [0.1, 0.15) is 5.69 Å². The number of carbonyl (C=O) groups is 2.